The number of carbonyl (C=O) groups is 2. The van der Waals surface area contributed by atoms with Crippen molar-refractivity contribution in [1.82, 2.24) is 0 Å². The van der Waals surface area contributed by atoms with Crippen LogP contribution in [-0.2, 0) is 4.79 Å². The zero-order chi connectivity index (χ0) is 10.7. The second-order valence-corrected chi connectivity index (χ2v) is 4.05. The third-order valence-corrected chi connectivity index (χ3v) is 2.96. The molecule has 0 N–H and O–H groups in total. The van der Waals surface area contributed by atoms with Crippen molar-refractivity contribution in [2.75, 3.05) is 0 Å². The van der Waals surface area contributed by atoms with Gasteiger partial charge in [-0.15, -0.1) is 0 Å². The number of hydrogen-bond donors (Lipinski definition) is 0. The van der Waals surface area contributed by atoms with Crippen molar-refractivity contribution in [3.8, 4) is 0 Å². The molecule has 1 aliphatic rings. The molecule has 0 heterocycles. The van der Waals surface area contributed by atoms with E-state index in [2.05, 4.69) is 0 Å². The Labute approximate surface area is 89.3 Å². The largest absolute Gasteiger partial charge is 0.299 e. The molecule has 0 bridgehead atoms. The summed E-state index contributed by atoms with van der Waals surface area (Å²) in [5.74, 6) is 0.341. The van der Waals surface area contributed by atoms with Gasteiger partial charge in [0.05, 0.1) is 0 Å². The Kier molecular flexibility index (Phi) is 2.95. The molecule has 1 unspecified atom stereocenters. The molecule has 2 nitrogen and oxygen atoms in total. The van der Waals surface area contributed by atoms with Crippen molar-refractivity contribution in [2.24, 2.45) is 5.92 Å². The Balaban J connectivity index is 2.01. The van der Waals surface area contributed by atoms with Crippen molar-refractivity contribution in [2.45, 2.75) is 25.7 Å². The lowest BCUT2D eigenvalue weighted by Gasteiger charge is -2.06. The van der Waals surface area contributed by atoms with Gasteiger partial charge in [-0.25, -0.2) is 0 Å². The third-order valence-electron chi connectivity index (χ3n) is 2.96. The van der Waals surface area contributed by atoms with Gasteiger partial charge in [0.15, 0.2) is 5.78 Å². The van der Waals surface area contributed by atoms with Crippen molar-refractivity contribution < 1.29 is 9.59 Å². The number of benzene rings is 1. The van der Waals surface area contributed by atoms with E-state index in [1.165, 1.54) is 0 Å². The van der Waals surface area contributed by atoms with Crippen LogP contribution >= 0.6 is 0 Å². The van der Waals surface area contributed by atoms with E-state index in [9.17, 15) is 9.59 Å². The quantitative estimate of drug-likeness (QED) is 0.706. The Morgan fingerprint density at radius 3 is 2.60 bits per heavy atom. The maximum atomic E-state index is 11.8. The molecule has 15 heavy (non-hydrogen) atoms. The van der Waals surface area contributed by atoms with Gasteiger partial charge in [-0.3, -0.25) is 9.59 Å². The highest BCUT2D eigenvalue weighted by molar-refractivity contribution is 5.99. The van der Waals surface area contributed by atoms with E-state index in [0.717, 1.165) is 18.4 Å². The van der Waals surface area contributed by atoms with Crippen LogP contribution in [0, 0.1) is 5.92 Å². The maximum absolute atomic E-state index is 11.8. The van der Waals surface area contributed by atoms with Crippen LogP contribution in [0.15, 0.2) is 30.3 Å². The molecule has 0 amide bonds. The fourth-order valence-electron chi connectivity index (χ4n) is 2.07. The second-order valence-electron chi connectivity index (χ2n) is 4.05. The van der Waals surface area contributed by atoms with Crippen LogP contribution in [0.25, 0.3) is 0 Å². The van der Waals surface area contributed by atoms with Gasteiger partial charge < -0.3 is 0 Å². The zero-order valence-corrected chi connectivity index (χ0v) is 8.61. The molecule has 2 heteroatoms. The van der Waals surface area contributed by atoms with Crippen LogP contribution in [0.1, 0.15) is 36.0 Å². The standard InChI is InChI=1S/C13H14O2/c14-12-8-4-7-11(12)9-13(15)10-5-2-1-3-6-10/h1-3,5-6,11H,4,7-9H2. The molecule has 0 aromatic heterocycles. The Bertz CT molecular complexity index is 367. The first-order valence-electron chi connectivity index (χ1n) is 5.38. The van der Waals surface area contributed by atoms with Crippen LogP contribution in [0.4, 0.5) is 0 Å². The Morgan fingerprint density at radius 1 is 1.27 bits per heavy atom. The number of rotatable bonds is 3. The molecular weight excluding hydrogens is 188 g/mol. The van der Waals surface area contributed by atoms with E-state index in [1.807, 2.05) is 30.3 Å². The molecule has 1 aromatic carbocycles. The molecular formula is C13H14O2. The first-order valence-corrected chi connectivity index (χ1v) is 5.38. The summed E-state index contributed by atoms with van der Waals surface area (Å²) in [6.45, 7) is 0. The van der Waals surface area contributed by atoms with Crippen LogP contribution in [0.2, 0.25) is 0 Å². The third kappa shape index (κ3) is 2.32. The summed E-state index contributed by atoms with van der Waals surface area (Å²) in [7, 11) is 0. The predicted octanol–water partition coefficient (Wildman–Crippen LogP) is 2.63. The molecule has 0 radical (unpaired) electrons. The van der Waals surface area contributed by atoms with Crippen LogP contribution < -0.4 is 0 Å². The topological polar surface area (TPSA) is 34.1 Å². The molecule has 78 valence electrons. The maximum Gasteiger partial charge on any atom is 0.163 e. The molecule has 1 fully saturated rings. The summed E-state index contributed by atoms with van der Waals surface area (Å²) in [4.78, 5) is 23.2. The highest BCUT2D eigenvalue weighted by atomic mass is 16.1. The minimum Gasteiger partial charge on any atom is -0.299 e. The molecule has 1 aliphatic carbocycles. The van der Waals surface area contributed by atoms with E-state index in [-0.39, 0.29) is 17.5 Å². The molecule has 1 aromatic rings. The average molecular weight is 202 g/mol. The van der Waals surface area contributed by atoms with Crippen LogP contribution in [0.5, 0.6) is 0 Å². The first-order chi connectivity index (χ1) is 7.27. The zero-order valence-electron chi connectivity index (χ0n) is 8.61. The minimum atomic E-state index is -0.0160. The molecule has 0 spiro atoms. The summed E-state index contributed by atoms with van der Waals surface area (Å²) in [5, 5.41) is 0. The predicted molar refractivity (Wildman–Crippen MR) is 57.7 cm³/mol. The van der Waals surface area contributed by atoms with Crippen molar-refractivity contribution >= 4 is 11.6 Å². The van der Waals surface area contributed by atoms with Gasteiger partial charge in [0.1, 0.15) is 5.78 Å². The van der Waals surface area contributed by atoms with Crippen LogP contribution in [0.3, 0.4) is 0 Å². The van der Waals surface area contributed by atoms with E-state index < -0.39 is 0 Å². The van der Waals surface area contributed by atoms with Crippen molar-refractivity contribution in [1.29, 1.82) is 0 Å². The van der Waals surface area contributed by atoms with Gasteiger partial charge in [0, 0.05) is 24.3 Å². The summed E-state index contributed by atoms with van der Waals surface area (Å²) in [6.07, 6.45) is 2.89. The fraction of sp³-hybridized carbons (Fsp3) is 0.385. The van der Waals surface area contributed by atoms with Gasteiger partial charge in [-0.2, -0.15) is 0 Å². The average Bonchev–Trinajstić information content (AvgIpc) is 2.66. The SMILES string of the molecule is O=C(CC1CCCC1=O)c1ccccc1. The van der Waals surface area contributed by atoms with Crippen molar-refractivity contribution in [3.63, 3.8) is 0 Å². The number of carbonyl (C=O) groups excluding carboxylic acids is 2. The lowest BCUT2D eigenvalue weighted by Crippen LogP contribution is -2.12. The summed E-state index contributed by atoms with van der Waals surface area (Å²) in [6, 6.07) is 9.20. The summed E-state index contributed by atoms with van der Waals surface area (Å²) < 4.78 is 0. The molecule has 0 saturated heterocycles. The molecule has 1 saturated carbocycles. The van der Waals surface area contributed by atoms with Gasteiger partial charge in [-0.05, 0) is 12.8 Å². The Morgan fingerprint density at radius 2 is 2.00 bits per heavy atom. The van der Waals surface area contributed by atoms with Gasteiger partial charge in [-0.1, -0.05) is 30.3 Å². The minimum absolute atomic E-state index is 0.0160. The lowest BCUT2D eigenvalue weighted by atomic mass is 9.96. The lowest BCUT2D eigenvalue weighted by molar-refractivity contribution is -0.120. The summed E-state index contributed by atoms with van der Waals surface area (Å²) >= 11 is 0. The first kappa shape index (κ1) is 10.1. The highest BCUT2D eigenvalue weighted by Gasteiger charge is 2.26. The van der Waals surface area contributed by atoms with Gasteiger partial charge in [0.2, 0.25) is 0 Å². The number of Topliss-reactive ketones (excluding diaryl/α,β-unsaturated/α-hetero) is 2. The van der Waals surface area contributed by atoms with Crippen LogP contribution in [-0.4, -0.2) is 11.6 Å². The second kappa shape index (κ2) is 4.39. The van der Waals surface area contributed by atoms with E-state index in [1.54, 1.807) is 0 Å². The van der Waals surface area contributed by atoms with E-state index >= 15 is 0 Å². The molecule has 1 atom stereocenters. The fourth-order valence-corrected chi connectivity index (χ4v) is 2.07. The van der Waals surface area contributed by atoms with E-state index in [4.69, 9.17) is 0 Å². The molecule has 2 rings (SSSR count). The normalized spacial score (nSPS) is 20.5. The smallest absolute Gasteiger partial charge is 0.163 e. The number of hydrogen-bond acceptors (Lipinski definition) is 2. The van der Waals surface area contributed by atoms with Crippen molar-refractivity contribution in [3.05, 3.63) is 35.9 Å². The highest BCUT2D eigenvalue weighted by Crippen LogP contribution is 2.25. The Hall–Kier alpha value is -1.44. The van der Waals surface area contributed by atoms with E-state index in [0.29, 0.717) is 12.8 Å². The molecule has 0 aliphatic heterocycles. The monoisotopic (exact) mass is 202 g/mol. The van der Waals surface area contributed by atoms with Gasteiger partial charge >= 0.3 is 0 Å². The number of ketones is 2. The summed E-state index contributed by atoms with van der Waals surface area (Å²) in [5.41, 5.74) is 0.720. The van der Waals surface area contributed by atoms with Gasteiger partial charge in [0.25, 0.3) is 0 Å².